The van der Waals surface area contributed by atoms with E-state index in [1.807, 2.05) is 55.6 Å². The predicted molar refractivity (Wildman–Crippen MR) is 114 cm³/mol. The zero-order chi connectivity index (χ0) is 19.3. The van der Waals surface area contributed by atoms with Crippen LogP contribution in [-0.2, 0) is 9.67 Å². The second-order valence-electron chi connectivity index (χ2n) is 6.79. The lowest BCUT2D eigenvalue weighted by Gasteiger charge is -2.41. The largest absolute Gasteiger partial charge is 0.312 e. The van der Waals surface area contributed by atoms with Crippen LogP contribution >= 0.6 is 11.8 Å². The van der Waals surface area contributed by atoms with Crippen molar-refractivity contribution in [3.8, 4) is 0 Å². The van der Waals surface area contributed by atoms with Gasteiger partial charge in [0.05, 0.1) is 5.69 Å². The van der Waals surface area contributed by atoms with Crippen molar-refractivity contribution in [1.29, 1.82) is 0 Å². The highest BCUT2D eigenvalue weighted by molar-refractivity contribution is 8.01. The van der Waals surface area contributed by atoms with Crippen molar-refractivity contribution in [2.24, 2.45) is 0 Å². The van der Waals surface area contributed by atoms with Gasteiger partial charge in [-0.15, -0.1) is 0 Å². The van der Waals surface area contributed by atoms with Crippen LogP contribution in [0.5, 0.6) is 0 Å². The Hall–Kier alpha value is -1.82. The molecule has 0 radical (unpaired) electrons. The van der Waals surface area contributed by atoms with Crippen molar-refractivity contribution in [2.75, 3.05) is 38.1 Å². The molecule has 1 unspecified atom stereocenters. The molecular weight excluding hydrogens is 354 g/mol. The molecule has 1 atom stereocenters. The number of carbonyl (C=O) groups is 1. The van der Waals surface area contributed by atoms with Crippen LogP contribution in [0.15, 0.2) is 59.5 Å². The van der Waals surface area contributed by atoms with E-state index in [4.69, 9.17) is 0 Å². The number of carbonyl (C=O) groups excluding carboxylic acids is 1. The summed E-state index contributed by atoms with van der Waals surface area (Å²) in [4.78, 5) is 18.0. The van der Waals surface area contributed by atoms with Crippen molar-refractivity contribution in [2.45, 2.75) is 30.0 Å². The molecule has 2 aromatic rings. The number of hydrogen-bond donors (Lipinski definition) is 1. The molecular formula is C22H29N3OS. The number of hydrogen-bond acceptors (Lipinski definition) is 4. The second-order valence-corrected chi connectivity index (χ2v) is 8.04. The summed E-state index contributed by atoms with van der Waals surface area (Å²) in [7, 11) is 1.87. The zero-order valence-corrected chi connectivity index (χ0v) is 17.3. The van der Waals surface area contributed by atoms with Gasteiger partial charge in [-0.3, -0.25) is 10.1 Å². The molecule has 5 heteroatoms. The average Bonchev–Trinajstić information content (AvgIpc) is 2.72. The molecule has 1 aliphatic rings. The van der Waals surface area contributed by atoms with Gasteiger partial charge < -0.3 is 9.80 Å². The normalized spacial score (nSPS) is 19.4. The molecule has 4 nitrogen and oxygen atoms in total. The molecule has 3 rings (SSSR count). The Bertz CT molecular complexity index is 763. The fourth-order valence-corrected chi connectivity index (χ4v) is 4.99. The monoisotopic (exact) mass is 383 g/mol. The van der Waals surface area contributed by atoms with E-state index < -0.39 is 4.87 Å². The Morgan fingerprint density at radius 1 is 1.04 bits per heavy atom. The minimum atomic E-state index is -0.784. The zero-order valence-electron chi connectivity index (χ0n) is 16.4. The van der Waals surface area contributed by atoms with Crippen LogP contribution in [0.25, 0.3) is 0 Å². The fraction of sp³-hybridized carbons (Fsp3) is 0.409. The van der Waals surface area contributed by atoms with Gasteiger partial charge in [0.1, 0.15) is 0 Å². The number of fused-ring (bicyclic) bond motifs is 1. The molecule has 0 aliphatic carbocycles. The van der Waals surface area contributed by atoms with Crippen molar-refractivity contribution in [1.82, 2.24) is 10.2 Å². The molecule has 0 fully saturated rings. The van der Waals surface area contributed by atoms with Gasteiger partial charge in [-0.25, -0.2) is 0 Å². The van der Waals surface area contributed by atoms with Crippen LogP contribution in [0.3, 0.4) is 0 Å². The maximum absolute atomic E-state index is 13.5. The molecule has 1 heterocycles. The van der Waals surface area contributed by atoms with Gasteiger partial charge in [-0.1, -0.05) is 68.1 Å². The number of nitrogens with one attached hydrogen (secondary N) is 1. The fourth-order valence-electron chi connectivity index (χ4n) is 3.55. The summed E-state index contributed by atoms with van der Waals surface area (Å²) in [5.41, 5.74) is 1.98. The highest BCUT2D eigenvalue weighted by Crippen LogP contribution is 2.48. The van der Waals surface area contributed by atoms with Crippen molar-refractivity contribution >= 4 is 23.4 Å². The first kappa shape index (κ1) is 19.9. The third-order valence-corrected chi connectivity index (χ3v) is 6.62. The lowest BCUT2D eigenvalue weighted by atomic mass is 10.0. The summed E-state index contributed by atoms with van der Waals surface area (Å²) < 4.78 is 0. The van der Waals surface area contributed by atoms with Gasteiger partial charge >= 0.3 is 0 Å². The van der Waals surface area contributed by atoms with Crippen LogP contribution in [0, 0.1) is 0 Å². The topological polar surface area (TPSA) is 35.6 Å². The first-order valence-electron chi connectivity index (χ1n) is 9.71. The first-order chi connectivity index (χ1) is 13.1. The van der Waals surface area contributed by atoms with E-state index in [2.05, 4.69) is 30.1 Å². The summed E-state index contributed by atoms with van der Waals surface area (Å²) in [6.45, 7) is 8.33. The van der Waals surface area contributed by atoms with Crippen LogP contribution in [0.2, 0.25) is 0 Å². The van der Waals surface area contributed by atoms with E-state index in [1.54, 1.807) is 16.7 Å². The van der Waals surface area contributed by atoms with Crippen molar-refractivity contribution in [3.63, 3.8) is 0 Å². The van der Waals surface area contributed by atoms with E-state index in [9.17, 15) is 4.79 Å². The van der Waals surface area contributed by atoms with Gasteiger partial charge in [-0.05, 0) is 50.3 Å². The third-order valence-electron chi connectivity index (χ3n) is 5.20. The molecule has 144 valence electrons. The van der Waals surface area contributed by atoms with E-state index in [0.29, 0.717) is 0 Å². The summed E-state index contributed by atoms with van der Waals surface area (Å²) in [6, 6.07) is 18.2. The van der Waals surface area contributed by atoms with Gasteiger partial charge in [0.2, 0.25) is 0 Å². The third kappa shape index (κ3) is 4.05. The molecule has 0 saturated carbocycles. The van der Waals surface area contributed by atoms with Gasteiger partial charge in [0.15, 0.2) is 4.87 Å². The standard InChI is InChI=1S/C22H29N3OS/c1-4-25(5-2)17-11-16-23-22(18-12-7-6-8-13-18)21(26)24(3)19-14-9-10-15-20(19)27-22/h6-10,12-15,23H,4-5,11,16-17H2,1-3H3. The maximum atomic E-state index is 13.5. The lowest BCUT2D eigenvalue weighted by Crippen LogP contribution is -2.55. The van der Waals surface area contributed by atoms with E-state index in [0.717, 1.165) is 48.7 Å². The number of thioether (sulfide) groups is 1. The molecule has 1 N–H and O–H groups in total. The summed E-state index contributed by atoms with van der Waals surface area (Å²) >= 11 is 1.62. The minimum absolute atomic E-state index is 0.0836. The Labute approximate surface area is 166 Å². The number of nitrogens with zero attached hydrogens (tertiary/aromatic N) is 2. The van der Waals surface area contributed by atoms with Crippen LogP contribution < -0.4 is 10.2 Å². The van der Waals surface area contributed by atoms with E-state index >= 15 is 0 Å². The first-order valence-corrected chi connectivity index (χ1v) is 10.5. The number of anilines is 1. The summed E-state index contributed by atoms with van der Waals surface area (Å²) in [5.74, 6) is 0.0836. The Morgan fingerprint density at radius 3 is 2.41 bits per heavy atom. The molecule has 0 saturated heterocycles. The average molecular weight is 384 g/mol. The quantitative estimate of drug-likeness (QED) is 0.701. The number of para-hydroxylation sites is 1. The molecule has 0 spiro atoms. The number of likely N-dealkylation sites (N-methyl/N-ethyl adjacent to an activating group) is 1. The SMILES string of the molecule is CCN(CC)CCCNC1(c2ccccc2)Sc2ccccc2N(C)C1=O. The Kier molecular flexibility index (Phi) is 6.58. The predicted octanol–water partition coefficient (Wildman–Crippen LogP) is 3.93. The summed E-state index contributed by atoms with van der Waals surface area (Å²) in [5, 5.41) is 3.62. The highest BCUT2D eigenvalue weighted by Gasteiger charge is 2.47. The Morgan fingerprint density at radius 2 is 1.70 bits per heavy atom. The molecule has 0 aromatic heterocycles. The molecule has 2 aromatic carbocycles. The van der Waals surface area contributed by atoms with Crippen molar-refractivity contribution in [3.05, 3.63) is 60.2 Å². The van der Waals surface area contributed by atoms with E-state index in [1.165, 1.54) is 0 Å². The van der Waals surface area contributed by atoms with Gasteiger partial charge in [0, 0.05) is 11.9 Å². The number of amides is 1. The Balaban J connectivity index is 1.87. The lowest BCUT2D eigenvalue weighted by molar-refractivity contribution is -0.121. The van der Waals surface area contributed by atoms with Crippen LogP contribution in [-0.4, -0.2) is 44.0 Å². The highest BCUT2D eigenvalue weighted by atomic mass is 32.2. The van der Waals surface area contributed by atoms with Gasteiger partial charge in [0.25, 0.3) is 5.91 Å². The smallest absolute Gasteiger partial charge is 0.262 e. The number of rotatable bonds is 8. The molecule has 0 bridgehead atoms. The number of benzene rings is 2. The minimum Gasteiger partial charge on any atom is -0.312 e. The van der Waals surface area contributed by atoms with Gasteiger partial charge in [-0.2, -0.15) is 0 Å². The maximum Gasteiger partial charge on any atom is 0.262 e. The summed E-state index contributed by atoms with van der Waals surface area (Å²) in [6.07, 6.45) is 1.01. The van der Waals surface area contributed by atoms with Crippen LogP contribution in [0.4, 0.5) is 5.69 Å². The molecule has 27 heavy (non-hydrogen) atoms. The van der Waals surface area contributed by atoms with E-state index in [-0.39, 0.29) is 5.91 Å². The molecule has 1 aliphatic heterocycles. The second kappa shape index (κ2) is 8.91. The van der Waals surface area contributed by atoms with Crippen LogP contribution in [0.1, 0.15) is 25.8 Å². The molecule has 1 amide bonds. The van der Waals surface area contributed by atoms with Crippen molar-refractivity contribution < 1.29 is 4.79 Å².